The molecule has 1 saturated heterocycles. The zero-order valence-electron chi connectivity index (χ0n) is 10.4. The molecule has 0 N–H and O–H groups in total. The molecule has 2 rings (SSSR count). The van der Waals surface area contributed by atoms with Crippen LogP contribution < -0.4 is 4.90 Å². The molecule has 0 bridgehead atoms. The second kappa shape index (κ2) is 4.22. The van der Waals surface area contributed by atoms with E-state index < -0.39 is 0 Å². The van der Waals surface area contributed by atoms with Gasteiger partial charge >= 0.3 is 6.03 Å². The van der Waals surface area contributed by atoms with Crippen LogP contribution in [0.5, 0.6) is 0 Å². The summed E-state index contributed by atoms with van der Waals surface area (Å²) in [6.07, 6.45) is 0. The Kier molecular flexibility index (Phi) is 3.04. The second-order valence-electron chi connectivity index (χ2n) is 5.23. The van der Waals surface area contributed by atoms with Crippen molar-refractivity contribution in [2.45, 2.75) is 26.3 Å². The number of benzene rings is 1. The van der Waals surface area contributed by atoms with Crippen molar-refractivity contribution >= 4 is 23.3 Å². The molecule has 0 atom stereocenters. The van der Waals surface area contributed by atoms with E-state index in [1.165, 1.54) is 0 Å². The van der Waals surface area contributed by atoms with Crippen molar-refractivity contribution in [3.63, 3.8) is 0 Å². The summed E-state index contributed by atoms with van der Waals surface area (Å²) < 4.78 is 0. The first-order chi connectivity index (χ1) is 7.89. The monoisotopic (exact) mass is 252 g/mol. The van der Waals surface area contributed by atoms with Gasteiger partial charge in [-0.25, -0.2) is 4.79 Å². The number of carbonyl (C=O) groups is 1. The molecule has 3 nitrogen and oxygen atoms in total. The van der Waals surface area contributed by atoms with E-state index in [4.69, 9.17) is 11.6 Å². The maximum absolute atomic E-state index is 12.3. The minimum absolute atomic E-state index is 0.0693. The fraction of sp³-hybridized carbons (Fsp3) is 0.462. The molecular weight excluding hydrogens is 236 g/mol. The number of nitrogens with zero attached hydrogens (tertiary/aromatic N) is 2. The number of hydrogen-bond acceptors (Lipinski definition) is 1. The summed E-state index contributed by atoms with van der Waals surface area (Å²) >= 11 is 5.84. The van der Waals surface area contributed by atoms with Crippen LogP contribution in [0.25, 0.3) is 0 Å². The zero-order valence-corrected chi connectivity index (χ0v) is 11.2. The summed E-state index contributed by atoms with van der Waals surface area (Å²) in [6, 6.07) is 7.45. The molecule has 1 fully saturated rings. The number of anilines is 1. The van der Waals surface area contributed by atoms with Gasteiger partial charge in [-0.3, -0.25) is 4.90 Å². The number of rotatable bonds is 1. The molecule has 1 heterocycles. The Bertz CT molecular complexity index is 422. The van der Waals surface area contributed by atoms with Crippen LogP contribution in [-0.2, 0) is 0 Å². The van der Waals surface area contributed by atoms with Gasteiger partial charge in [0.25, 0.3) is 0 Å². The summed E-state index contributed by atoms with van der Waals surface area (Å²) in [6.45, 7) is 7.66. The third-order valence-corrected chi connectivity index (χ3v) is 3.21. The Morgan fingerprint density at radius 3 is 2.18 bits per heavy atom. The fourth-order valence-corrected chi connectivity index (χ4v) is 2.15. The number of hydrogen-bond donors (Lipinski definition) is 0. The molecule has 17 heavy (non-hydrogen) atoms. The van der Waals surface area contributed by atoms with Gasteiger partial charge in [0, 0.05) is 29.3 Å². The van der Waals surface area contributed by atoms with Gasteiger partial charge in [0.05, 0.1) is 0 Å². The summed E-state index contributed by atoms with van der Waals surface area (Å²) in [5, 5.41) is 0.688. The predicted octanol–water partition coefficient (Wildman–Crippen LogP) is 3.38. The fourth-order valence-electron chi connectivity index (χ4n) is 2.02. The summed E-state index contributed by atoms with van der Waals surface area (Å²) in [7, 11) is 0. The molecular formula is C13H17ClN2O. The predicted molar refractivity (Wildman–Crippen MR) is 70.7 cm³/mol. The molecule has 0 aromatic heterocycles. The Morgan fingerprint density at radius 1 is 1.12 bits per heavy atom. The largest absolute Gasteiger partial charge is 0.325 e. The van der Waals surface area contributed by atoms with Crippen LogP contribution in [0.15, 0.2) is 24.3 Å². The highest BCUT2D eigenvalue weighted by atomic mass is 35.5. The van der Waals surface area contributed by atoms with Gasteiger partial charge in [-0.05, 0) is 45.0 Å². The van der Waals surface area contributed by atoms with Gasteiger partial charge in [0.15, 0.2) is 0 Å². The Balaban J connectivity index is 2.21. The Labute approximate surface area is 107 Å². The van der Waals surface area contributed by atoms with Crippen LogP contribution in [0.4, 0.5) is 10.5 Å². The molecule has 92 valence electrons. The quantitative estimate of drug-likeness (QED) is 0.752. The SMILES string of the molecule is CC(C)(C)N1CCN(c2ccc(Cl)cc2)C1=O. The first-order valence-electron chi connectivity index (χ1n) is 5.74. The average Bonchev–Trinajstić information content (AvgIpc) is 2.61. The third-order valence-electron chi connectivity index (χ3n) is 2.96. The van der Waals surface area contributed by atoms with Crippen molar-refractivity contribution in [3.05, 3.63) is 29.3 Å². The lowest BCUT2D eigenvalue weighted by atomic mass is 10.1. The van der Waals surface area contributed by atoms with E-state index in [1.807, 2.05) is 29.2 Å². The average molecular weight is 253 g/mol. The number of carbonyl (C=O) groups excluding carboxylic acids is 1. The molecule has 0 aliphatic carbocycles. The van der Waals surface area contributed by atoms with E-state index in [-0.39, 0.29) is 11.6 Å². The molecule has 1 aromatic rings. The minimum atomic E-state index is -0.127. The van der Waals surface area contributed by atoms with Gasteiger partial charge in [-0.1, -0.05) is 11.6 Å². The van der Waals surface area contributed by atoms with Gasteiger partial charge in [-0.15, -0.1) is 0 Å². The van der Waals surface area contributed by atoms with Crippen LogP contribution in [0.3, 0.4) is 0 Å². The van der Waals surface area contributed by atoms with Crippen LogP contribution in [0.1, 0.15) is 20.8 Å². The maximum Gasteiger partial charge on any atom is 0.325 e. The van der Waals surface area contributed by atoms with Gasteiger partial charge in [0.1, 0.15) is 0 Å². The van der Waals surface area contributed by atoms with Gasteiger partial charge in [0.2, 0.25) is 0 Å². The molecule has 0 radical (unpaired) electrons. The molecule has 4 heteroatoms. The van der Waals surface area contributed by atoms with Crippen molar-refractivity contribution < 1.29 is 4.79 Å². The van der Waals surface area contributed by atoms with Crippen molar-refractivity contribution in [2.75, 3.05) is 18.0 Å². The lowest BCUT2D eigenvalue weighted by Crippen LogP contribution is -2.44. The molecule has 2 amide bonds. The highest BCUT2D eigenvalue weighted by Gasteiger charge is 2.36. The van der Waals surface area contributed by atoms with E-state index in [0.29, 0.717) is 5.02 Å². The van der Waals surface area contributed by atoms with Crippen molar-refractivity contribution in [1.82, 2.24) is 4.90 Å². The molecule has 0 spiro atoms. The van der Waals surface area contributed by atoms with Crippen molar-refractivity contribution in [1.29, 1.82) is 0 Å². The van der Waals surface area contributed by atoms with E-state index in [2.05, 4.69) is 20.8 Å². The standard InChI is InChI=1S/C13H17ClN2O/c1-13(2,3)16-9-8-15(12(16)17)11-6-4-10(14)5-7-11/h4-7H,8-9H2,1-3H3. The number of halogens is 1. The van der Waals surface area contributed by atoms with Gasteiger partial charge in [-0.2, -0.15) is 0 Å². The molecule has 1 aliphatic heterocycles. The molecule has 0 unspecified atom stereocenters. The van der Waals surface area contributed by atoms with Crippen molar-refractivity contribution in [2.24, 2.45) is 0 Å². The van der Waals surface area contributed by atoms with Crippen LogP contribution >= 0.6 is 11.6 Å². The molecule has 0 saturated carbocycles. The normalized spacial score (nSPS) is 16.8. The van der Waals surface area contributed by atoms with Gasteiger partial charge < -0.3 is 4.90 Å². The second-order valence-corrected chi connectivity index (χ2v) is 5.67. The lowest BCUT2D eigenvalue weighted by Gasteiger charge is -2.31. The lowest BCUT2D eigenvalue weighted by molar-refractivity contribution is 0.173. The minimum Gasteiger partial charge on any atom is -0.318 e. The van der Waals surface area contributed by atoms with Crippen LogP contribution in [0, 0.1) is 0 Å². The zero-order chi connectivity index (χ0) is 12.6. The van der Waals surface area contributed by atoms with Crippen LogP contribution in [-0.4, -0.2) is 29.6 Å². The Hall–Kier alpha value is -1.22. The maximum atomic E-state index is 12.3. The Morgan fingerprint density at radius 2 is 1.71 bits per heavy atom. The highest BCUT2D eigenvalue weighted by Crippen LogP contribution is 2.26. The molecule has 1 aliphatic rings. The highest BCUT2D eigenvalue weighted by molar-refractivity contribution is 6.30. The summed E-state index contributed by atoms with van der Waals surface area (Å²) in [5.41, 5.74) is 0.782. The van der Waals surface area contributed by atoms with E-state index in [9.17, 15) is 4.79 Å². The van der Waals surface area contributed by atoms with E-state index in [0.717, 1.165) is 18.8 Å². The number of amides is 2. The number of urea groups is 1. The first-order valence-corrected chi connectivity index (χ1v) is 6.12. The molecule has 1 aromatic carbocycles. The first kappa shape index (κ1) is 12.2. The smallest absolute Gasteiger partial charge is 0.318 e. The van der Waals surface area contributed by atoms with E-state index in [1.54, 1.807) is 4.90 Å². The summed E-state index contributed by atoms with van der Waals surface area (Å²) in [5.74, 6) is 0. The third kappa shape index (κ3) is 2.39. The van der Waals surface area contributed by atoms with E-state index >= 15 is 0 Å². The van der Waals surface area contributed by atoms with Crippen LogP contribution in [0.2, 0.25) is 5.02 Å². The summed E-state index contributed by atoms with van der Waals surface area (Å²) in [4.78, 5) is 15.9. The van der Waals surface area contributed by atoms with Crippen molar-refractivity contribution in [3.8, 4) is 0 Å². The topological polar surface area (TPSA) is 23.6 Å².